The summed E-state index contributed by atoms with van der Waals surface area (Å²) in [6, 6.07) is 0.400. The fraction of sp³-hybridized carbons (Fsp3) is 0.692. The first-order valence-electron chi connectivity index (χ1n) is 6.73. The molecule has 5 nitrogen and oxygen atoms in total. The number of aromatic nitrogens is 1. The summed E-state index contributed by atoms with van der Waals surface area (Å²) in [7, 11) is 0. The minimum Gasteiger partial charge on any atom is -0.462 e. The molecule has 1 aromatic heterocycles. The smallest absolute Gasteiger partial charge is 0.345 e. The van der Waals surface area contributed by atoms with Crippen LogP contribution in [0.1, 0.15) is 44.0 Å². The van der Waals surface area contributed by atoms with Gasteiger partial charge in [0.1, 0.15) is 10.6 Å². The Bertz CT molecular complexity index is 461. The molecule has 2 heterocycles. The zero-order valence-electron chi connectivity index (χ0n) is 11.7. The standard InChI is InChI=1S/C13H21N3O2S/c1-4-18-13(17)10-11(14)15-19-12(10)16-6-5-8(2)7-9(16)3/h8-9H,4-7H2,1-3H3,(H2,14,15). The van der Waals surface area contributed by atoms with Crippen LogP contribution in [0.25, 0.3) is 0 Å². The SMILES string of the molecule is CCOC(=O)c1c(N)nsc1N1CCC(C)CC1C. The van der Waals surface area contributed by atoms with Gasteiger partial charge in [-0.3, -0.25) is 0 Å². The highest BCUT2D eigenvalue weighted by atomic mass is 32.1. The Kier molecular flexibility index (Phi) is 4.29. The molecule has 1 aliphatic rings. The average Bonchev–Trinajstić information content (AvgIpc) is 2.71. The molecule has 0 radical (unpaired) electrons. The molecule has 2 unspecified atom stereocenters. The number of carbonyl (C=O) groups is 1. The van der Waals surface area contributed by atoms with Crippen molar-refractivity contribution in [3.05, 3.63) is 5.56 Å². The Hall–Kier alpha value is -1.30. The van der Waals surface area contributed by atoms with Crippen molar-refractivity contribution in [1.82, 2.24) is 4.37 Å². The average molecular weight is 283 g/mol. The van der Waals surface area contributed by atoms with Gasteiger partial charge in [0.25, 0.3) is 0 Å². The third kappa shape index (κ3) is 2.83. The van der Waals surface area contributed by atoms with Gasteiger partial charge < -0.3 is 15.4 Å². The number of esters is 1. The van der Waals surface area contributed by atoms with Gasteiger partial charge in [-0.05, 0) is 44.1 Å². The summed E-state index contributed by atoms with van der Waals surface area (Å²) in [5, 5.41) is 0.857. The fourth-order valence-corrected chi connectivity index (χ4v) is 3.52. The van der Waals surface area contributed by atoms with Gasteiger partial charge in [-0.15, -0.1) is 0 Å². The number of hydrogen-bond acceptors (Lipinski definition) is 6. The lowest BCUT2D eigenvalue weighted by molar-refractivity contribution is 0.0528. The lowest BCUT2D eigenvalue weighted by Crippen LogP contribution is -2.40. The third-order valence-electron chi connectivity index (χ3n) is 3.58. The number of carbonyl (C=O) groups excluding carboxylic acids is 1. The van der Waals surface area contributed by atoms with Gasteiger partial charge in [0.05, 0.1) is 6.61 Å². The lowest BCUT2D eigenvalue weighted by atomic mass is 9.93. The quantitative estimate of drug-likeness (QED) is 0.863. The third-order valence-corrected chi connectivity index (χ3v) is 4.48. The van der Waals surface area contributed by atoms with Crippen LogP contribution >= 0.6 is 11.5 Å². The summed E-state index contributed by atoms with van der Waals surface area (Å²) in [5.74, 6) is 0.640. The molecular formula is C13H21N3O2S. The Labute approximate surface area is 117 Å². The van der Waals surface area contributed by atoms with E-state index in [1.807, 2.05) is 0 Å². The molecule has 0 aromatic carbocycles. The van der Waals surface area contributed by atoms with Gasteiger partial charge in [-0.2, -0.15) is 4.37 Å². The molecule has 1 saturated heterocycles. The van der Waals surface area contributed by atoms with E-state index in [0.717, 1.165) is 30.3 Å². The predicted molar refractivity (Wildman–Crippen MR) is 77.7 cm³/mol. The van der Waals surface area contributed by atoms with Gasteiger partial charge in [0.2, 0.25) is 0 Å². The van der Waals surface area contributed by atoms with E-state index >= 15 is 0 Å². The second-order valence-electron chi connectivity index (χ2n) is 5.14. The number of nitrogens with two attached hydrogens (primary N) is 1. The normalized spacial score (nSPS) is 23.4. The molecule has 0 amide bonds. The van der Waals surface area contributed by atoms with Crippen molar-refractivity contribution in [2.75, 3.05) is 23.8 Å². The maximum absolute atomic E-state index is 12.0. The molecule has 106 valence electrons. The van der Waals surface area contributed by atoms with Crippen LogP contribution < -0.4 is 10.6 Å². The molecule has 1 aromatic rings. The van der Waals surface area contributed by atoms with Crippen molar-refractivity contribution >= 4 is 28.3 Å². The van der Waals surface area contributed by atoms with Crippen LogP contribution in [0.3, 0.4) is 0 Å². The molecule has 0 spiro atoms. The predicted octanol–water partition coefficient (Wildman–Crippen LogP) is 2.53. The molecule has 0 aliphatic carbocycles. The topological polar surface area (TPSA) is 68.5 Å². The summed E-state index contributed by atoms with van der Waals surface area (Å²) >= 11 is 1.29. The van der Waals surface area contributed by atoms with E-state index in [2.05, 4.69) is 23.1 Å². The Morgan fingerprint density at radius 3 is 2.95 bits per heavy atom. The number of nitrogen functional groups attached to an aromatic ring is 1. The monoisotopic (exact) mass is 283 g/mol. The maximum atomic E-state index is 12.0. The van der Waals surface area contributed by atoms with Crippen molar-refractivity contribution in [2.45, 2.75) is 39.7 Å². The van der Waals surface area contributed by atoms with E-state index in [9.17, 15) is 4.79 Å². The van der Waals surface area contributed by atoms with Gasteiger partial charge in [0, 0.05) is 12.6 Å². The molecule has 0 saturated carbocycles. The highest BCUT2D eigenvalue weighted by Crippen LogP contribution is 2.36. The number of anilines is 2. The summed E-state index contributed by atoms with van der Waals surface area (Å²) < 4.78 is 9.20. The molecular weight excluding hydrogens is 262 g/mol. The van der Waals surface area contributed by atoms with E-state index < -0.39 is 0 Å². The number of nitrogens with zero attached hydrogens (tertiary/aromatic N) is 2. The zero-order chi connectivity index (χ0) is 14.0. The van der Waals surface area contributed by atoms with Crippen LogP contribution in [0.2, 0.25) is 0 Å². The van der Waals surface area contributed by atoms with Crippen molar-refractivity contribution in [3.8, 4) is 0 Å². The van der Waals surface area contributed by atoms with E-state index in [1.54, 1.807) is 6.92 Å². The molecule has 19 heavy (non-hydrogen) atoms. The van der Waals surface area contributed by atoms with Crippen molar-refractivity contribution < 1.29 is 9.53 Å². The minimum atomic E-state index is -0.366. The highest BCUT2D eigenvalue weighted by Gasteiger charge is 2.30. The molecule has 1 aliphatic heterocycles. The maximum Gasteiger partial charge on any atom is 0.345 e. The van der Waals surface area contributed by atoms with E-state index in [0.29, 0.717) is 18.2 Å². The highest BCUT2D eigenvalue weighted by molar-refractivity contribution is 7.11. The first kappa shape index (κ1) is 14.1. The largest absolute Gasteiger partial charge is 0.462 e. The summed E-state index contributed by atoms with van der Waals surface area (Å²) in [6.45, 7) is 7.52. The lowest BCUT2D eigenvalue weighted by Gasteiger charge is -2.37. The molecule has 6 heteroatoms. The molecule has 0 bridgehead atoms. The number of rotatable bonds is 3. The number of piperidine rings is 1. The van der Waals surface area contributed by atoms with E-state index in [1.165, 1.54) is 11.5 Å². The van der Waals surface area contributed by atoms with Gasteiger partial charge >= 0.3 is 5.97 Å². The van der Waals surface area contributed by atoms with Gasteiger partial charge in [-0.25, -0.2) is 4.79 Å². The Morgan fingerprint density at radius 1 is 1.58 bits per heavy atom. The van der Waals surface area contributed by atoms with Crippen LogP contribution in [0, 0.1) is 5.92 Å². The summed E-state index contributed by atoms with van der Waals surface area (Å²) in [4.78, 5) is 14.2. The van der Waals surface area contributed by atoms with Crippen LogP contribution in [0.15, 0.2) is 0 Å². The first-order chi connectivity index (χ1) is 9.04. The van der Waals surface area contributed by atoms with Crippen LogP contribution in [0.4, 0.5) is 10.8 Å². The van der Waals surface area contributed by atoms with Gasteiger partial charge in [0.15, 0.2) is 5.82 Å². The molecule has 2 atom stereocenters. The summed E-state index contributed by atoms with van der Waals surface area (Å²) in [5.41, 5.74) is 6.26. The van der Waals surface area contributed by atoms with Crippen molar-refractivity contribution in [1.29, 1.82) is 0 Å². The summed E-state index contributed by atoms with van der Waals surface area (Å²) in [6.07, 6.45) is 2.25. The second-order valence-corrected chi connectivity index (χ2v) is 5.89. The van der Waals surface area contributed by atoms with Crippen molar-refractivity contribution in [3.63, 3.8) is 0 Å². The Morgan fingerprint density at radius 2 is 2.32 bits per heavy atom. The molecule has 2 N–H and O–H groups in total. The minimum absolute atomic E-state index is 0.282. The van der Waals surface area contributed by atoms with Crippen LogP contribution in [-0.4, -0.2) is 29.5 Å². The van der Waals surface area contributed by atoms with Gasteiger partial charge in [-0.1, -0.05) is 6.92 Å². The Balaban J connectivity index is 2.27. The number of ether oxygens (including phenoxy) is 1. The molecule has 2 rings (SSSR count). The van der Waals surface area contributed by atoms with Crippen LogP contribution in [-0.2, 0) is 4.74 Å². The molecule has 1 fully saturated rings. The number of hydrogen-bond donors (Lipinski definition) is 1. The van der Waals surface area contributed by atoms with E-state index in [-0.39, 0.29) is 11.8 Å². The second kappa shape index (κ2) is 5.77. The zero-order valence-corrected chi connectivity index (χ0v) is 12.5. The van der Waals surface area contributed by atoms with Crippen molar-refractivity contribution in [2.24, 2.45) is 5.92 Å². The van der Waals surface area contributed by atoms with E-state index in [4.69, 9.17) is 10.5 Å². The van der Waals surface area contributed by atoms with Crippen LogP contribution in [0.5, 0.6) is 0 Å². The first-order valence-corrected chi connectivity index (χ1v) is 7.50. The fourth-order valence-electron chi connectivity index (χ4n) is 2.59.